The molecule has 4 heteroatoms. The van der Waals surface area contributed by atoms with Crippen molar-refractivity contribution in [2.24, 2.45) is 0 Å². The van der Waals surface area contributed by atoms with E-state index in [1.54, 1.807) is 0 Å². The molecular weight excluding hydrogens is 172 g/mol. The van der Waals surface area contributed by atoms with Crippen LogP contribution >= 0.6 is 0 Å². The zero-order chi connectivity index (χ0) is 10.0. The minimum absolute atomic E-state index is 0.0312. The Kier molecular flexibility index (Phi) is 3.41. The Morgan fingerprint density at radius 2 is 1.46 bits per heavy atom. The lowest BCUT2D eigenvalue weighted by molar-refractivity contribution is -0.184. The van der Waals surface area contributed by atoms with E-state index in [4.69, 9.17) is 14.2 Å². The smallest absolute Gasteiger partial charge is 0.195 e. The Hall–Kier alpha value is -0.450. The molecule has 0 amide bonds. The third-order valence-electron chi connectivity index (χ3n) is 2.35. The first-order valence-corrected chi connectivity index (χ1v) is 4.36. The zero-order valence-corrected chi connectivity index (χ0v) is 8.44. The van der Waals surface area contributed by atoms with Crippen LogP contribution in [-0.4, -0.2) is 44.4 Å². The lowest BCUT2D eigenvalue weighted by atomic mass is 9.98. The van der Waals surface area contributed by atoms with Crippen LogP contribution in [0.2, 0.25) is 0 Å². The molecule has 0 aromatic heterocycles. The number of methoxy groups -OCH3 is 2. The van der Waals surface area contributed by atoms with E-state index in [0.717, 1.165) is 0 Å². The standard InChI is InChI=1S/C9H16O4/c1-5-8(11-3)7(10)9(12-4)6(2)13-5/h5-6,8-9H,1-4H3/t5-,6-,8-,9-/m0/s1. The lowest BCUT2D eigenvalue weighted by Gasteiger charge is -2.35. The quantitative estimate of drug-likeness (QED) is 0.629. The molecule has 0 saturated carbocycles. The van der Waals surface area contributed by atoms with E-state index in [0.29, 0.717) is 0 Å². The molecule has 0 radical (unpaired) electrons. The molecular formula is C9H16O4. The van der Waals surface area contributed by atoms with Gasteiger partial charge in [0.1, 0.15) is 12.2 Å². The van der Waals surface area contributed by atoms with E-state index >= 15 is 0 Å². The highest BCUT2D eigenvalue weighted by Gasteiger charge is 2.41. The van der Waals surface area contributed by atoms with E-state index in [-0.39, 0.29) is 18.0 Å². The summed E-state index contributed by atoms with van der Waals surface area (Å²) in [5.41, 5.74) is 0. The summed E-state index contributed by atoms with van der Waals surface area (Å²) in [6.07, 6.45) is -1.39. The van der Waals surface area contributed by atoms with Crippen molar-refractivity contribution in [2.45, 2.75) is 38.3 Å². The lowest BCUT2D eigenvalue weighted by Crippen LogP contribution is -2.54. The second kappa shape index (κ2) is 4.17. The van der Waals surface area contributed by atoms with Crippen LogP contribution in [0.15, 0.2) is 0 Å². The van der Waals surface area contributed by atoms with E-state index < -0.39 is 12.2 Å². The minimum Gasteiger partial charge on any atom is -0.371 e. The first-order chi connectivity index (χ1) is 6.11. The molecule has 0 unspecified atom stereocenters. The molecule has 1 rings (SSSR count). The van der Waals surface area contributed by atoms with Gasteiger partial charge in [0.25, 0.3) is 0 Å². The Labute approximate surface area is 78.2 Å². The molecule has 4 nitrogen and oxygen atoms in total. The second-order valence-electron chi connectivity index (χ2n) is 3.26. The summed E-state index contributed by atoms with van der Waals surface area (Å²) in [6, 6.07) is 0. The van der Waals surface area contributed by atoms with Crippen molar-refractivity contribution in [2.75, 3.05) is 14.2 Å². The molecule has 0 aromatic rings. The van der Waals surface area contributed by atoms with Gasteiger partial charge in [0.05, 0.1) is 12.2 Å². The van der Waals surface area contributed by atoms with Crippen LogP contribution in [0.4, 0.5) is 0 Å². The molecule has 1 aliphatic heterocycles. The van der Waals surface area contributed by atoms with Crippen molar-refractivity contribution in [1.82, 2.24) is 0 Å². The normalized spacial score (nSPS) is 40.8. The van der Waals surface area contributed by atoms with Crippen LogP contribution in [0.1, 0.15) is 13.8 Å². The number of carbonyl (C=O) groups is 1. The van der Waals surface area contributed by atoms with Crippen LogP contribution < -0.4 is 0 Å². The van der Waals surface area contributed by atoms with E-state index in [1.807, 2.05) is 13.8 Å². The summed E-state index contributed by atoms with van der Waals surface area (Å²) in [7, 11) is 3.01. The van der Waals surface area contributed by atoms with Crippen molar-refractivity contribution < 1.29 is 19.0 Å². The maximum atomic E-state index is 11.7. The van der Waals surface area contributed by atoms with Gasteiger partial charge < -0.3 is 14.2 Å². The monoisotopic (exact) mass is 188 g/mol. The fourth-order valence-electron chi connectivity index (χ4n) is 1.72. The van der Waals surface area contributed by atoms with Crippen molar-refractivity contribution in [1.29, 1.82) is 0 Å². The number of hydrogen-bond donors (Lipinski definition) is 0. The van der Waals surface area contributed by atoms with Gasteiger partial charge in [-0.15, -0.1) is 0 Å². The van der Waals surface area contributed by atoms with Gasteiger partial charge in [-0.1, -0.05) is 0 Å². The highest BCUT2D eigenvalue weighted by atomic mass is 16.6. The van der Waals surface area contributed by atoms with Crippen LogP contribution in [0.25, 0.3) is 0 Å². The highest BCUT2D eigenvalue weighted by molar-refractivity contribution is 5.89. The summed E-state index contributed by atoms with van der Waals surface area (Å²) in [4.78, 5) is 11.7. The summed E-state index contributed by atoms with van der Waals surface area (Å²) in [5, 5.41) is 0. The fraction of sp³-hybridized carbons (Fsp3) is 0.889. The van der Waals surface area contributed by atoms with E-state index in [1.165, 1.54) is 14.2 Å². The Morgan fingerprint density at radius 1 is 1.08 bits per heavy atom. The number of ketones is 1. The summed E-state index contributed by atoms with van der Waals surface area (Å²) in [5.74, 6) is -0.0312. The SMILES string of the molecule is CO[C@@H]1C(=O)[C@@H](OC)[C@H](C)O[C@H]1C. The van der Waals surface area contributed by atoms with E-state index in [2.05, 4.69) is 0 Å². The third kappa shape index (κ3) is 1.90. The molecule has 1 fully saturated rings. The highest BCUT2D eigenvalue weighted by Crippen LogP contribution is 2.20. The van der Waals surface area contributed by atoms with Gasteiger partial charge in [-0.2, -0.15) is 0 Å². The van der Waals surface area contributed by atoms with Gasteiger partial charge in [0.15, 0.2) is 5.78 Å². The number of Topliss-reactive ketones (excluding diaryl/α,β-unsaturated/α-hetero) is 1. The average Bonchev–Trinajstić information content (AvgIpc) is 2.04. The molecule has 0 spiro atoms. The van der Waals surface area contributed by atoms with Crippen molar-refractivity contribution in [3.63, 3.8) is 0 Å². The Morgan fingerprint density at radius 3 is 1.77 bits per heavy atom. The number of rotatable bonds is 2. The fourth-order valence-corrected chi connectivity index (χ4v) is 1.72. The van der Waals surface area contributed by atoms with Gasteiger partial charge in [0.2, 0.25) is 0 Å². The van der Waals surface area contributed by atoms with Gasteiger partial charge in [-0.25, -0.2) is 0 Å². The predicted molar refractivity (Wildman–Crippen MR) is 46.6 cm³/mol. The summed E-state index contributed by atoms with van der Waals surface area (Å²) in [6.45, 7) is 3.66. The first kappa shape index (κ1) is 10.6. The van der Waals surface area contributed by atoms with Gasteiger partial charge in [0, 0.05) is 14.2 Å². The molecule has 4 atom stereocenters. The summed E-state index contributed by atoms with van der Waals surface area (Å²) >= 11 is 0. The van der Waals surface area contributed by atoms with Gasteiger partial charge >= 0.3 is 0 Å². The predicted octanol–water partition coefficient (Wildman–Crippen LogP) is 0.393. The molecule has 1 heterocycles. The number of carbonyl (C=O) groups excluding carboxylic acids is 1. The molecule has 0 aromatic carbocycles. The number of ether oxygens (including phenoxy) is 3. The van der Waals surface area contributed by atoms with Crippen molar-refractivity contribution in [3.8, 4) is 0 Å². The van der Waals surface area contributed by atoms with Gasteiger partial charge in [-0.05, 0) is 13.8 Å². The van der Waals surface area contributed by atoms with Crippen molar-refractivity contribution >= 4 is 5.78 Å². The maximum Gasteiger partial charge on any atom is 0.195 e. The molecule has 0 aliphatic carbocycles. The van der Waals surface area contributed by atoms with Crippen LogP contribution in [0.3, 0.4) is 0 Å². The first-order valence-electron chi connectivity index (χ1n) is 4.36. The third-order valence-corrected chi connectivity index (χ3v) is 2.35. The van der Waals surface area contributed by atoms with Gasteiger partial charge in [-0.3, -0.25) is 4.79 Å². The Bertz CT molecular complexity index is 174. The molecule has 0 bridgehead atoms. The topological polar surface area (TPSA) is 44.8 Å². The van der Waals surface area contributed by atoms with E-state index in [9.17, 15) is 4.79 Å². The van der Waals surface area contributed by atoms with Crippen LogP contribution in [-0.2, 0) is 19.0 Å². The van der Waals surface area contributed by atoms with Crippen LogP contribution in [0.5, 0.6) is 0 Å². The molecule has 76 valence electrons. The molecule has 1 aliphatic rings. The number of hydrogen-bond acceptors (Lipinski definition) is 4. The van der Waals surface area contributed by atoms with Crippen LogP contribution in [0, 0.1) is 0 Å². The van der Waals surface area contributed by atoms with Crippen molar-refractivity contribution in [3.05, 3.63) is 0 Å². The largest absolute Gasteiger partial charge is 0.371 e. The molecule has 1 saturated heterocycles. The zero-order valence-electron chi connectivity index (χ0n) is 8.44. The minimum atomic E-state index is -0.499. The second-order valence-corrected chi connectivity index (χ2v) is 3.26. The average molecular weight is 188 g/mol. The molecule has 0 N–H and O–H groups in total. The Balaban J connectivity index is 2.75. The maximum absolute atomic E-state index is 11.7. The molecule has 13 heavy (non-hydrogen) atoms. The summed E-state index contributed by atoms with van der Waals surface area (Å²) < 4.78 is 15.6.